The molecule has 0 aromatic carbocycles. The Hall–Kier alpha value is -2.63. The molecule has 13 heteroatoms. The van der Waals surface area contributed by atoms with Gasteiger partial charge in [-0.25, -0.2) is 14.3 Å². The number of aromatic nitrogens is 4. The summed E-state index contributed by atoms with van der Waals surface area (Å²) in [6, 6.07) is 2.08. The maximum atomic E-state index is 13.8. The molecule has 31 heavy (non-hydrogen) atoms. The molecule has 1 saturated heterocycles. The number of ether oxygens (including phenoxy) is 1. The predicted molar refractivity (Wildman–Crippen MR) is 106 cm³/mol. The summed E-state index contributed by atoms with van der Waals surface area (Å²) in [6.07, 6.45) is -1.99. The highest BCUT2D eigenvalue weighted by molar-refractivity contribution is 6.31. The van der Waals surface area contributed by atoms with Gasteiger partial charge < -0.3 is 10.1 Å². The first-order chi connectivity index (χ1) is 14.7. The number of rotatable bonds is 2. The lowest BCUT2D eigenvalue weighted by Gasteiger charge is -2.26. The topological polar surface area (TPSA) is 84.6 Å². The first kappa shape index (κ1) is 20.3. The van der Waals surface area contributed by atoms with E-state index < -0.39 is 24.7 Å². The van der Waals surface area contributed by atoms with Gasteiger partial charge in [0.2, 0.25) is 0 Å². The van der Waals surface area contributed by atoms with Crippen molar-refractivity contribution in [1.29, 1.82) is 0 Å². The van der Waals surface area contributed by atoms with E-state index in [9.17, 15) is 18.0 Å². The summed E-state index contributed by atoms with van der Waals surface area (Å²) in [5.41, 5.74) is 0.862. The second kappa shape index (κ2) is 7.21. The van der Waals surface area contributed by atoms with E-state index in [1.54, 1.807) is 0 Å². The van der Waals surface area contributed by atoms with Gasteiger partial charge in [0.25, 0.3) is 0 Å². The van der Waals surface area contributed by atoms with Crippen LogP contribution in [0.15, 0.2) is 24.5 Å². The van der Waals surface area contributed by atoms with Gasteiger partial charge in [0, 0.05) is 18.5 Å². The van der Waals surface area contributed by atoms with Gasteiger partial charge in [-0.3, -0.25) is 9.88 Å². The zero-order chi connectivity index (χ0) is 21.9. The molecule has 1 fully saturated rings. The lowest BCUT2D eigenvalue weighted by atomic mass is 10.0. The van der Waals surface area contributed by atoms with Crippen LogP contribution in [0.3, 0.4) is 0 Å². The molecule has 1 unspecified atom stereocenters. The molecule has 2 aliphatic heterocycles. The second-order valence-electron chi connectivity index (χ2n) is 7.23. The normalized spacial score (nSPS) is 18.9. The number of nitrogens with one attached hydrogen (secondary N) is 1. The molecular formula is C18H13Cl2F3N6O2. The first-order valence-electron chi connectivity index (χ1n) is 9.15. The van der Waals surface area contributed by atoms with E-state index in [0.29, 0.717) is 23.9 Å². The highest BCUT2D eigenvalue weighted by Gasteiger charge is 2.50. The molecule has 2 aliphatic rings. The average molecular weight is 473 g/mol. The SMILES string of the molecule is O=C(Nc1cnc(C2COC2)c(Cl)c1)N1CC(C(F)(F)F)c2c1cnc1cc(Cl)nn21. The Labute approximate surface area is 182 Å². The number of amides is 2. The van der Waals surface area contributed by atoms with Gasteiger partial charge in [-0.05, 0) is 6.07 Å². The van der Waals surface area contributed by atoms with Crippen molar-refractivity contribution in [2.75, 3.05) is 30.0 Å². The van der Waals surface area contributed by atoms with E-state index in [-0.39, 0.29) is 33.8 Å². The summed E-state index contributed by atoms with van der Waals surface area (Å²) in [5.74, 6) is -1.86. The average Bonchev–Trinajstić information content (AvgIpc) is 3.21. The van der Waals surface area contributed by atoms with E-state index >= 15 is 0 Å². The van der Waals surface area contributed by atoms with Crippen LogP contribution in [-0.2, 0) is 4.74 Å². The number of halogens is 5. The van der Waals surface area contributed by atoms with Gasteiger partial charge in [-0.1, -0.05) is 23.2 Å². The van der Waals surface area contributed by atoms with Gasteiger partial charge >= 0.3 is 12.2 Å². The third-order valence-corrected chi connectivity index (χ3v) is 5.73. The minimum atomic E-state index is -4.60. The van der Waals surface area contributed by atoms with Crippen molar-refractivity contribution in [3.8, 4) is 0 Å². The van der Waals surface area contributed by atoms with Gasteiger partial charge in [-0.2, -0.15) is 18.3 Å². The van der Waals surface area contributed by atoms with Gasteiger partial charge in [0.05, 0.1) is 53.4 Å². The van der Waals surface area contributed by atoms with Crippen LogP contribution in [0.4, 0.5) is 29.3 Å². The number of anilines is 2. The zero-order valence-electron chi connectivity index (χ0n) is 15.5. The maximum Gasteiger partial charge on any atom is 0.399 e. The molecular weight excluding hydrogens is 460 g/mol. The molecule has 1 atom stereocenters. The number of fused-ring (bicyclic) bond motifs is 3. The fourth-order valence-corrected chi connectivity index (χ4v) is 4.16. The second-order valence-corrected chi connectivity index (χ2v) is 8.02. The van der Waals surface area contributed by atoms with E-state index in [0.717, 1.165) is 9.42 Å². The quantitative estimate of drug-likeness (QED) is 0.602. The van der Waals surface area contributed by atoms with Crippen LogP contribution in [0.2, 0.25) is 10.2 Å². The van der Waals surface area contributed by atoms with Crippen molar-refractivity contribution >= 4 is 46.3 Å². The van der Waals surface area contributed by atoms with Gasteiger partial charge in [0.1, 0.15) is 5.92 Å². The number of pyridine rings is 1. The van der Waals surface area contributed by atoms with Crippen LogP contribution < -0.4 is 10.2 Å². The molecule has 162 valence electrons. The first-order valence-corrected chi connectivity index (χ1v) is 9.90. The number of nitrogens with zero attached hydrogens (tertiary/aromatic N) is 5. The fourth-order valence-electron chi connectivity index (χ4n) is 3.67. The summed E-state index contributed by atoms with van der Waals surface area (Å²) in [7, 11) is 0. The van der Waals surface area contributed by atoms with Crippen LogP contribution in [0.1, 0.15) is 23.2 Å². The molecule has 3 aromatic heterocycles. The smallest absolute Gasteiger partial charge is 0.380 e. The molecule has 5 heterocycles. The van der Waals surface area contributed by atoms with E-state index in [1.807, 2.05) is 0 Å². The molecule has 8 nitrogen and oxygen atoms in total. The number of hydrogen-bond acceptors (Lipinski definition) is 5. The molecule has 0 bridgehead atoms. The summed E-state index contributed by atoms with van der Waals surface area (Å²) >= 11 is 12.1. The van der Waals surface area contributed by atoms with Crippen LogP contribution in [0, 0.1) is 0 Å². The van der Waals surface area contributed by atoms with Crippen molar-refractivity contribution < 1.29 is 22.7 Å². The van der Waals surface area contributed by atoms with E-state index in [2.05, 4.69) is 20.4 Å². The van der Waals surface area contributed by atoms with Crippen LogP contribution >= 0.6 is 23.2 Å². The maximum absolute atomic E-state index is 13.8. The summed E-state index contributed by atoms with van der Waals surface area (Å²) < 4.78 is 47.4. The Balaban J connectivity index is 1.46. The molecule has 2 amide bonds. The number of carbonyl (C=O) groups excluding carboxylic acids is 1. The molecule has 1 N–H and O–H groups in total. The molecule has 0 saturated carbocycles. The Morgan fingerprint density at radius 1 is 1.19 bits per heavy atom. The number of hydrogen-bond donors (Lipinski definition) is 1. The van der Waals surface area contributed by atoms with Crippen LogP contribution in [0.25, 0.3) is 5.65 Å². The minimum Gasteiger partial charge on any atom is -0.380 e. The number of carbonyl (C=O) groups is 1. The van der Waals surface area contributed by atoms with Crippen molar-refractivity contribution in [2.24, 2.45) is 0 Å². The molecule has 0 aliphatic carbocycles. The molecule has 0 radical (unpaired) electrons. The summed E-state index contributed by atoms with van der Waals surface area (Å²) in [6.45, 7) is 0.406. The predicted octanol–water partition coefficient (Wildman–Crippen LogP) is 4.24. The third kappa shape index (κ3) is 3.46. The van der Waals surface area contributed by atoms with Crippen LogP contribution in [-0.4, -0.2) is 51.5 Å². The standard InChI is InChI=1S/C18H13Cl2F3N6O2/c19-11-1-9(3-25-15(11)8-6-31-7-8)26-17(30)28-5-10(18(21,22)23)16-12(28)4-24-14-2-13(20)27-29(14)16/h1-4,8,10H,5-7H2,(H,26,30). The minimum absolute atomic E-state index is 0.00222. The van der Waals surface area contributed by atoms with Crippen LogP contribution in [0.5, 0.6) is 0 Å². The van der Waals surface area contributed by atoms with Crippen molar-refractivity contribution in [1.82, 2.24) is 19.6 Å². The number of urea groups is 1. The Morgan fingerprint density at radius 3 is 2.61 bits per heavy atom. The summed E-state index contributed by atoms with van der Waals surface area (Å²) in [5, 5.41) is 6.80. The lowest BCUT2D eigenvalue weighted by Crippen LogP contribution is -2.36. The van der Waals surface area contributed by atoms with Crippen molar-refractivity contribution in [3.05, 3.63) is 46.1 Å². The van der Waals surface area contributed by atoms with E-state index in [4.69, 9.17) is 27.9 Å². The molecule has 5 rings (SSSR count). The molecule has 0 spiro atoms. The van der Waals surface area contributed by atoms with E-state index in [1.165, 1.54) is 24.5 Å². The van der Waals surface area contributed by atoms with Gasteiger partial charge in [-0.15, -0.1) is 0 Å². The fraction of sp³-hybridized carbons (Fsp3) is 0.333. The Morgan fingerprint density at radius 2 is 1.97 bits per heavy atom. The van der Waals surface area contributed by atoms with Crippen molar-refractivity contribution in [3.63, 3.8) is 0 Å². The number of alkyl halides is 3. The summed E-state index contributed by atoms with van der Waals surface area (Å²) in [4.78, 5) is 22.2. The zero-order valence-corrected chi connectivity index (χ0v) is 17.0. The Bertz CT molecular complexity index is 1200. The largest absolute Gasteiger partial charge is 0.399 e. The Kier molecular flexibility index (Phi) is 4.72. The van der Waals surface area contributed by atoms with Gasteiger partial charge in [0.15, 0.2) is 10.8 Å². The lowest BCUT2D eigenvalue weighted by molar-refractivity contribution is -0.147. The highest BCUT2D eigenvalue weighted by Crippen LogP contribution is 2.45. The van der Waals surface area contributed by atoms with Crippen molar-refractivity contribution in [2.45, 2.75) is 18.0 Å². The monoisotopic (exact) mass is 472 g/mol. The third-order valence-electron chi connectivity index (χ3n) is 5.24. The molecule has 3 aromatic rings. The highest BCUT2D eigenvalue weighted by atomic mass is 35.5.